The zero-order valence-corrected chi connectivity index (χ0v) is 14.3. The molecule has 3 fully saturated rings. The van der Waals surface area contributed by atoms with Gasteiger partial charge in [0, 0.05) is 11.8 Å². The van der Waals surface area contributed by atoms with Crippen molar-refractivity contribution < 1.29 is 4.79 Å². The molecule has 4 heteroatoms. The Morgan fingerprint density at radius 3 is 2.67 bits per heavy atom. The summed E-state index contributed by atoms with van der Waals surface area (Å²) in [5.74, 6) is 2.80. The highest BCUT2D eigenvalue weighted by Crippen LogP contribution is 2.35. The fraction of sp³-hybridized carbons (Fsp3) is 0.941. The molecule has 1 aliphatic carbocycles. The average Bonchev–Trinajstić information content (AvgIpc) is 3.21. The number of nitrogens with one attached hydrogen (secondary N) is 1. The summed E-state index contributed by atoms with van der Waals surface area (Å²) in [7, 11) is 0. The van der Waals surface area contributed by atoms with Gasteiger partial charge in [0.1, 0.15) is 0 Å². The van der Waals surface area contributed by atoms with Gasteiger partial charge in [0.05, 0.1) is 12.2 Å². The van der Waals surface area contributed by atoms with E-state index < -0.39 is 0 Å². The van der Waals surface area contributed by atoms with E-state index in [0.29, 0.717) is 29.2 Å². The highest BCUT2D eigenvalue weighted by molar-refractivity contribution is 8.00. The molecule has 1 saturated carbocycles. The number of carbonyl (C=O) groups is 1. The van der Waals surface area contributed by atoms with Crippen LogP contribution >= 0.6 is 11.8 Å². The minimum Gasteiger partial charge on any atom is -0.324 e. The highest BCUT2D eigenvalue weighted by Gasteiger charge is 2.45. The second kappa shape index (κ2) is 6.91. The number of nitrogens with zero attached hydrogens (tertiary/aromatic N) is 1. The summed E-state index contributed by atoms with van der Waals surface area (Å²) in [6, 6.07) is 0.0620. The lowest BCUT2D eigenvalue weighted by atomic mass is 9.99. The number of hydrogen-bond acceptors (Lipinski definition) is 3. The summed E-state index contributed by atoms with van der Waals surface area (Å²) in [5, 5.41) is 4.40. The van der Waals surface area contributed by atoms with Crippen LogP contribution in [0, 0.1) is 11.8 Å². The van der Waals surface area contributed by atoms with Crippen LogP contribution in [0.4, 0.5) is 0 Å². The van der Waals surface area contributed by atoms with Gasteiger partial charge in [0.2, 0.25) is 5.91 Å². The van der Waals surface area contributed by atoms with Crippen LogP contribution in [0.3, 0.4) is 0 Å². The molecule has 0 bridgehead atoms. The van der Waals surface area contributed by atoms with Crippen molar-refractivity contribution in [1.29, 1.82) is 0 Å². The molecule has 0 spiro atoms. The van der Waals surface area contributed by atoms with E-state index in [1.54, 1.807) is 0 Å². The Balaban J connectivity index is 1.72. The Hall–Kier alpha value is -0.220. The maximum Gasteiger partial charge on any atom is 0.241 e. The molecule has 0 aromatic carbocycles. The average molecular weight is 311 g/mol. The molecule has 1 amide bonds. The fourth-order valence-corrected chi connectivity index (χ4v) is 5.45. The van der Waals surface area contributed by atoms with Gasteiger partial charge >= 0.3 is 0 Å². The van der Waals surface area contributed by atoms with Crippen LogP contribution in [0.25, 0.3) is 0 Å². The van der Waals surface area contributed by atoms with Gasteiger partial charge in [0.25, 0.3) is 0 Å². The highest BCUT2D eigenvalue weighted by atomic mass is 32.2. The van der Waals surface area contributed by atoms with Crippen molar-refractivity contribution >= 4 is 17.7 Å². The Morgan fingerprint density at radius 1 is 1.29 bits per heavy atom. The molecule has 2 aliphatic heterocycles. The summed E-state index contributed by atoms with van der Waals surface area (Å²) in [5.41, 5.74) is 0. The topological polar surface area (TPSA) is 32.3 Å². The van der Waals surface area contributed by atoms with Crippen molar-refractivity contribution in [2.24, 2.45) is 11.8 Å². The predicted molar refractivity (Wildman–Crippen MR) is 89.3 cm³/mol. The smallest absolute Gasteiger partial charge is 0.241 e. The fourth-order valence-electron chi connectivity index (χ4n) is 4.18. The van der Waals surface area contributed by atoms with Gasteiger partial charge in [-0.2, -0.15) is 11.8 Å². The maximum absolute atomic E-state index is 12.9. The van der Waals surface area contributed by atoms with Gasteiger partial charge in [-0.3, -0.25) is 10.1 Å². The van der Waals surface area contributed by atoms with Gasteiger partial charge in [0.15, 0.2) is 0 Å². The summed E-state index contributed by atoms with van der Waals surface area (Å²) < 4.78 is 0. The summed E-state index contributed by atoms with van der Waals surface area (Å²) in [6.07, 6.45) is 9.30. The molecule has 3 rings (SSSR count). The molecule has 0 radical (unpaired) electrons. The minimum absolute atomic E-state index is 0.0620. The first-order valence-corrected chi connectivity index (χ1v) is 9.93. The number of carbonyl (C=O) groups excluding carboxylic acids is 1. The number of hydrogen-bond donors (Lipinski definition) is 1. The third-order valence-corrected chi connectivity index (χ3v) is 7.10. The van der Waals surface area contributed by atoms with Crippen molar-refractivity contribution in [3.8, 4) is 0 Å². The molecule has 1 N–H and O–H groups in total. The second-order valence-corrected chi connectivity index (χ2v) is 8.55. The normalized spacial score (nSPS) is 35.8. The van der Waals surface area contributed by atoms with E-state index in [0.717, 1.165) is 13.0 Å². The molecule has 120 valence electrons. The Labute approximate surface area is 133 Å². The first-order chi connectivity index (χ1) is 10.2. The number of amides is 1. The molecule has 0 aromatic heterocycles. The standard InChI is InChI=1S/C17H30N2OS/c1-3-12(2)15-17(20)19(11-14-9-6-10-21-14)16(18-15)13-7-4-5-8-13/h12-16,18H,3-11H2,1-2H3. The third-order valence-electron chi connectivity index (χ3n) is 5.72. The molecule has 3 aliphatic rings. The maximum atomic E-state index is 12.9. The summed E-state index contributed by atoms with van der Waals surface area (Å²) in [6.45, 7) is 5.39. The first kappa shape index (κ1) is 15.7. The van der Waals surface area contributed by atoms with Crippen molar-refractivity contribution in [1.82, 2.24) is 10.2 Å². The quantitative estimate of drug-likeness (QED) is 0.846. The zero-order chi connectivity index (χ0) is 14.8. The Kier molecular flexibility index (Phi) is 5.15. The molecular formula is C17H30N2OS. The largest absolute Gasteiger partial charge is 0.324 e. The molecule has 4 atom stereocenters. The molecule has 3 nitrogen and oxygen atoms in total. The SMILES string of the molecule is CCC(C)C1NC(C2CCCC2)N(CC2CCCS2)C1=O. The second-order valence-electron chi connectivity index (χ2n) is 7.14. The van der Waals surface area contributed by atoms with Gasteiger partial charge in [-0.25, -0.2) is 0 Å². The van der Waals surface area contributed by atoms with Crippen LogP contribution in [0.5, 0.6) is 0 Å². The summed E-state index contributed by atoms with van der Waals surface area (Å²) >= 11 is 2.07. The van der Waals surface area contributed by atoms with E-state index in [1.807, 2.05) is 0 Å². The van der Waals surface area contributed by atoms with E-state index in [1.165, 1.54) is 44.3 Å². The third kappa shape index (κ3) is 3.26. The van der Waals surface area contributed by atoms with Crippen LogP contribution in [0.1, 0.15) is 58.8 Å². The monoisotopic (exact) mass is 310 g/mol. The molecule has 2 saturated heterocycles. The van der Waals surface area contributed by atoms with E-state index in [-0.39, 0.29) is 6.04 Å². The predicted octanol–water partition coefficient (Wildman–Crippen LogP) is 3.24. The van der Waals surface area contributed by atoms with E-state index in [4.69, 9.17) is 0 Å². The van der Waals surface area contributed by atoms with Crippen LogP contribution < -0.4 is 5.32 Å². The zero-order valence-electron chi connectivity index (χ0n) is 13.5. The van der Waals surface area contributed by atoms with Crippen LogP contribution in [-0.4, -0.2) is 40.6 Å². The summed E-state index contributed by atoms with van der Waals surface area (Å²) in [4.78, 5) is 15.1. The van der Waals surface area contributed by atoms with E-state index in [2.05, 4.69) is 35.8 Å². The van der Waals surface area contributed by atoms with Crippen LogP contribution in [0.15, 0.2) is 0 Å². The van der Waals surface area contributed by atoms with Gasteiger partial charge in [-0.05, 0) is 43.3 Å². The number of thioether (sulfide) groups is 1. The van der Waals surface area contributed by atoms with E-state index in [9.17, 15) is 4.79 Å². The number of rotatable bonds is 5. The van der Waals surface area contributed by atoms with Crippen LogP contribution in [-0.2, 0) is 4.79 Å². The Morgan fingerprint density at radius 2 is 2.05 bits per heavy atom. The van der Waals surface area contributed by atoms with Crippen LogP contribution in [0.2, 0.25) is 0 Å². The van der Waals surface area contributed by atoms with Crippen molar-refractivity contribution in [3.05, 3.63) is 0 Å². The molecular weight excluding hydrogens is 280 g/mol. The van der Waals surface area contributed by atoms with Crippen molar-refractivity contribution in [3.63, 3.8) is 0 Å². The van der Waals surface area contributed by atoms with Crippen molar-refractivity contribution in [2.75, 3.05) is 12.3 Å². The van der Waals surface area contributed by atoms with Gasteiger partial charge in [-0.15, -0.1) is 0 Å². The lowest BCUT2D eigenvalue weighted by Crippen LogP contribution is -2.45. The van der Waals surface area contributed by atoms with E-state index >= 15 is 0 Å². The first-order valence-electron chi connectivity index (χ1n) is 8.88. The molecule has 0 aromatic rings. The lowest BCUT2D eigenvalue weighted by molar-refractivity contribution is -0.131. The molecule has 4 unspecified atom stereocenters. The van der Waals surface area contributed by atoms with Gasteiger partial charge < -0.3 is 4.90 Å². The molecule has 21 heavy (non-hydrogen) atoms. The van der Waals surface area contributed by atoms with Crippen molar-refractivity contribution in [2.45, 2.75) is 76.3 Å². The Bertz CT molecular complexity index is 364. The van der Waals surface area contributed by atoms with Gasteiger partial charge in [-0.1, -0.05) is 33.1 Å². The minimum atomic E-state index is 0.0620. The molecule has 2 heterocycles. The lowest BCUT2D eigenvalue weighted by Gasteiger charge is -2.30.